The quantitative estimate of drug-likeness (QED) is 0.416. The van der Waals surface area contributed by atoms with Crippen LogP contribution in [0.25, 0.3) is 0 Å². The number of fused-ring (bicyclic) bond motifs is 1. The zero-order valence-electron chi connectivity index (χ0n) is 16.2. The van der Waals surface area contributed by atoms with Gasteiger partial charge in [0.25, 0.3) is 11.6 Å². The predicted molar refractivity (Wildman–Crippen MR) is 104 cm³/mol. The van der Waals surface area contributed by atoms with Gasteiger partial charge in [-0.25, -0.2) is 0 Å². The van der Waals surface area contributed by atoms with Gasteiger partial charge in [-0.15, -0.1) is 0 Å². The van der Waals surface area contributed by atoms with Crippen molar-refractivity contribution >= 4 is 11.6 Å². The van der Waals surface area contributed by atoms with Crippen LogP contribution >= 0.6 is 0 Å². The number of carbonyl (C=O) groups excluding carboxylic acids is 1. The van der Waals surface area contributed by atoms with E-state index in [1.165, 1.54) is 20.3 Å². The van der Waals surface area contributed by atoms with Gasteiger partial charge in [-0.05, 0) is 12.1 Å². The van der Waals surface area contributed by atoms with E-state index in [1.54, 1.807) is 18.2 Å². The second kappa shape index (κ2) is 9.38. The van der Waals surface area contributed by atoms with E-state index in [1.807, 2.05) is 0 Å². The number of nitro groups is 1. The van der Waals surface area contributed by atoms with E-state index in [-0.39, 0.29) is 37.0 Å². The first-order chi connectivity index (χ1) is 14.5. The first kappa shape index (κ1) is 20.6. The summed E-state index contributed by atoms with van der Waals surface area (Å²) >= 11 is 0. The number of hydrogen-bond acceptors (Lipinski definition) is 8. The Kier molecular flexibility index (Phi) is 6.44. The van der Waals surface area contributed by atoms with Crippen molar-refractivity contribution in [2.75, 3.05) is 34.2 Å². The molecule has 1 heterocycles. The SMILES string of the molecule is COc1cc(C(=O)NCC#CCOc2ccc3c(c2)OCO3)c([N+](=O)[O-])cc1OC. The van der Waals surface area contributed by atoms with Crippen LogP contribution in [0.5, 0.6) is 28.7 Å². The summed E-state index contributed by atoms with van der Waals surface area (Å²) in [4.78, 5) is 23.0. The molecule has 0 radical (unpaired) electrons. The highest BCUT2D eigenvalue weighted by atomic mass is 16.7. The van der Waals surface area contributed by atoms with Crippen molar-refractivity contribution < 1.29 is 33.4 Å². The van der Waals surface area contributed by atoms with Gasteiger partial charge in [0, 0.05) is 12.1 Å². The molecule has 30 heavy (non-hydrogen) atoms. The van der Waals surface area contributed by atoms with E-state index in [0.717, 1.165) is 6.07 Å². The Hall–Kier alpha value is -4.13. The van der Waals surface area contributed by atoms with E-state index in [4.69, 9.17) is 23.7 Å². The maximum Gasteiger partial charge on any atom is 0.286 e. The van der Waals surface area contributed by atoms with Crippen molar-refractivity contribution in [1.29, 1.82) is 0 Å². The average molecular weight is 414 g/mol. The van der Waals surface area contributed by atoms with Crippen LogP contribution in [0.2, 0.25) is 0 Å². The van der Waals surface area contributed by atoms with Gasteiger partial charge in [0.15, 0.2) is 23.0 Å². The van der Waals surface area contributed by atoms with E-state index >= 15 is 0 Å². The number of rotatable bonds is 7. The van der Waals surface area contributed by atoms with Crippen LogP contribution in [-0.2, 0) is 0 Å². The molecular weight excluding hydrogens is 396 g/mol. The van der Waals surface area contributed by atoms with Crippen molar-refractivity contribution in [3.05, 3.63) is 46.0 Å². The Morgan fingerprint density at radius 3 is 2.60 bits per heavy atom. The zero-order chi connectivity index (χ0) is 21.5. The number of nitro benzene ring substituents is 1. The van der Waals surface area contributed by atoms with E-state index in [9.17, 15) is 14.9 Å². The molecule has 2 aromatic carbocycles. The normalized spacial score (nSPS) is 11.1. The highest BCUT2D eigenvalue weighted by Gasteiger charge is 2.24. The van der Waals surface area contributed by atoms with Crippen LogP contribution in [0, 0.1) is 22.0 Å². The van der Waals surface area contributed by atoms with Crippen molar-refractivity contribution in [3.63, 3.8) is 0 Å². The average Bonchev–Trinajstić information content (AvgIpc) is 3.22. The monoisotopic (exact) mass is 414 g/mol. The third-order valence-electron chi connectivity index (χ3n) is 4.06. The first-order valence-electron chi connectivity index (χ1n) is 8.70. The van der Waals surface area contributed by atoms with E-state index < -0.39 is 16.5 Å². The molecule has 0 atom stereocenters. The lowest BCUT2D eigenvalue weighted by molar-refractivity contribution is -0.385. The second-order valence-electron chi connectivity index (χ2n) is 5.82. The van der Waals surface area contributed by atoms with Crippen LogP contribution in [0.15, 0.2) is 30.3 Å². The predicted octanol–water partition coefficient (Wildman–Crippen LogP) is 2.15. The minimum Gasteiger partial charge on any atom is -0.493 e. The van der Waals surface area contributed by atoms with Gasteiger partial charge >= 0.3 is 0 Å². The van der Waals surface area contributed by atoms with E-state index in [0.29, 0.717) is 17.2 Å². The largest absolute Gasteiger partial charge is 0.493 e. The summed E-state index contributed by atoms with van der Waals surface area (Å²) in [5.41, 5.74) is -0.555. The van der Waals surface area contributed by atoms with Gasteiger partial charge in [0.2, 0.25) is 6.79 Å². The summed E-state index contributed by atoms with van der Waals surface area (Å²) in [6.45, 7) is 0.247. The molecule has 0 bridgehead atoms. The van der Waals surface area contributed by atoms with Gasteiger partial charge < -0.3 is 29.0 Å². The van der Waals surface area contributed by atoms with Crippen molar-refractivity contribution in [2.45, 2.75) is 0 Å². The molecule has 1 N–H and O–H groups in total. The summed E-state index contributed by atoms with van der Waals surface area (Å²) in [6.07, 6.45) is 0. The molecule has 0 spiro atoms. The van der Waals surface area contributed by atoms with Crippen molar-refractivity contribution in [1.82, 2.24) is 5.32 Å². The number of amides is 1. The molecule has 156 valence electrons. The third-order valence-corrected chi connectivity index (χ3v) is 4.06. The number of hydrogen-bond donors (Lipinski definition) is 1. The van der Waals surface area contributed by atoms with Crippen molar-refractivity contribution in [2.24, 2.45) is 0 Å². The molecule has 1 amide bonds. The minimum atomic E-state index is -0.665. The zero-order valence-corrected chi connectivity index (χ0v) is 16.2. The lowest BCUT2D eigenvalue weighted by Crippen LogP contribution is -2.24. The van der Waals surface area contributed by atoms with E-state index in [2.05, 4.69) is 17.2 Å². The fourth-order valence-electron chi connectivity index (χ4n) is 2.62. The van der Waals surface area contributed by atoms with Crippen LogP contribution < -0.4 is 29.0 Å². The number of nitrogens with zero attached hydrogens (tertiary/aromatic N) is 1. The number of methoxy groups -OCH3 is 2. The molecule has 0 fully saturated rings. The van der Waals surface area contributed by atoms with Crippen molar-refractivity contribution in [3.8, 4) is 40.6 Å². The first-order valence-corrected chi connectivity index (χ1v) is 8.70. The highest BCUT2D eigenvalue weighted by molar-refractivity contribution is 5.99. The van der Waals surface area contributed by atoms with Crippen LogP contribution in [-0.4, -0.2) is 45.0 Å². The molecular formula is C20H18N2O8. The summed E-state index contributed by atoms with van der Waals surface area (Å²) in [7, 11) is 2.72. The van der Waals surface area contributed by atoms with Crippen LogP contribution in [0.1, 0.15) is 10.4 Å². The smallest absolute Gasteiger partial charge is 0.286 e. The summed E-state index contributed by atoms with van der Waals surface area (Å²) < 4.78 is 26.1. The molecule has 2 aromatic rings. The standard InChI is InChI=1S/C20H18N2O8/c1-26-17-10-14(15(22(24)25)11-18(17)27-2)20(23)21-7-3-4-8-28-13-5-6-16-19(9-13)30-12-29-16/h5-6,9-11H,7-8,12H2,1-2H3,(H,21,23). The molecule has 0 aliphatic carbocycles. The number of nitrogens with one attached hydrogen (secondary N) is 1. The molecule has 0 saturated heterocycles. The van der Waals surface area contributed by atoms with Crippen LogP contribution in [0.4, 0.5) is 5.69 Å². The van der Waals surface area contributed by atoms with Gasteiger partial charge in [-0.2, -0.15) is 0 Å². The van der Waals surface area contributed by atoms with Crippen LogP contribution in [0.3, 0.4) is 0 Å². The Morgan fingerprint density at radius 1 is 1.13 bits per heavy atom. The lowest BCUT2D eigenvalue weighted by Gasteiger charge is -2.10. The Morgan fingerprint density at radius 2 is 1.87 bits per heavy atom. The molecule has 0 aromatic heterocycles. The van der Waals surface area contributed by atoms with Gasteiger partial charge in [-0.3, -0.25) is 14.9 Å². The Balaban J connectivity index is 1.56. The molecule has 0 saturated carbocycles. The summed E-state index contributed by atoms with van der Waals surface area (Å²) in [5.74, 6) is 6.99. The highest BCUT2D eigenvalue weighted by Crippen LogP contribution is 2.35. The number of benzene rings is 2. The minimum absolute atomic E-state index is 0.0190. The number of ether oxygens (including phenoxy) is 5. The summed E-state index contributed by atoms with van der Waals surface area (Å²) in [6, 6.07) is 7.55. The Bertz CT molecular complexity index is 1030. The second-order valence-corrected chi connectivity index (χ2v) is 5.82. The molecule has 1 aliphatic rings. The fraction of sp³-hybridized carbons (Fsp3) is 0.250. The molecule has 10 heteroatoms. The Labute approximate surface area is 171 Å². The van der Waals surface area contributed by atoms with Gasteiger partial charge in [0.05, 0.1) is 31.8 Å². The molecule has 0 unspecified atom stereocenters. The lowest BCUT2D eigenvalue weighted by atomic mass is 10.1. The molecule has 10 nitrogen and oxygen atoms in total. The fourth-order valence-corrected chi connectivity index (χ4v) is 2.62. The van der Waals surface area contributed by atoms with Gasteiger partial charge in [-0.1, -0.05) is 11.8 Å². The third kappa shape index (κ3) is 4.64. The maximum absolute atomic E-state index is 12.4. The summed E-state index contributed by atoms with van der Waals surface area (Å²) in [5, 5.41) is 13.8. The topological polar surface area (TPSA) is 118 Å². The maximum atomic E-state index is 12.4. The number of carbonyl (C=O) groups is 1. The molecule has 1 aliphatic heterocycles. The van der Waals surface area contributed by atoms with Gasteiger partial charge in [0.1, 0.15) is 17.9 Å². The molecule has 3 rings (SSSR count).